The molecule has 0 aromatic rings. The van der Waals surface area contributed by atoms with Gasteiger partial charge in [-0.3, -0.25) is 0 Å². The molecule has 0 amide bonds. The summed E-state index contributed by atoms with van der Waals surface area (Å²) in [4.78, 5) is 10.6. The van der Waals surface area contributed by atoms with Crippen molar-refractivity contribution in [1.82, 2.24) is 0 Å². The van der Waals surface area contributed by atoms with Crippen LogP contribution in [0.3, 0.4) is 0 Å². The Kier molecular flexibility index (Phi) is 2.76. The van der Waals surface area contributed by atoms with E-state index in [1.165, 1.54) is 0 Å². The van der Waals surface area contributed by atoms with Crippen molar-refractivity contribution >= 4 is 25.6 Å². The highest BCUT2D eigenvalue weighted by molar-refractivity contribution is 8.08. The van der Waals surface area contributed by atoms with E-state index in [1.807, 2.05) is 0 Å². The smallest absolute Gasteiger partial charge is 0.440 e. The number of ether oxygens (including phenoxy) is 1. The lowest BCUT2D eigenvalue weighted by atomic mass is 10.7. The van der Waals surface area contributed by atoms with Gasteiger partial charge in [0, 0.05) is 0 Å². The number of rotatable bonds is 0. The van der Waals surface area contributed by atoms with Crippen molar-refractivity contribution < 1.29 is 35.1 Å². The number of halogens is 2. The lowest BCUT2D eigenvalue weighted by Crippen LogP contribution is -2.45. The summed E-state index contributed by atoms with van der Waals surface area (Å²) in [6.45, 7) is -0.772. The molecule has 1 fully saturated rings. The number of carbonyl (C=O) groups is 1. The van der Waals surface area contributed by atoms with E-state index in [4.69, 9.17) is 0 Å². The zero-order chi connectivity index (χ0) is 11.9. The summed E-state index contributed by atoms with van der Waals surface area (Å²) in [5.74, 6) is -3.02. The van der Waals surface area contributed by atoms with Crippen LogP contribution in [0.2, 0.25) is 0 Å². The van der Waals surface area contributed by atoms with Crippen LogP contribution in [0.5, 0.6) is 0 Å². The zero-order valence-corrected chi connectivity index (χ0v) is 8.78. The first-order chi connectivity index (χ1) is 6.58. The minimum Gasteiger partial charge on any atom is -0.459 e. The van der Waals surface area contributed by atoms with Crippen molar-refractivity contribution in [2.45, 2.75) is 5.25 Å². The first-order valence-electron chi connectivity index (χ1n) is 3.56. The molecule has 15 heavy (non-hydrogen) atoms. The molecule has 1 rings (SSSR count). The summed E-state index contributed by atoms with van der Waals surface area (Å²) in [6, 6.07) is 0. The molecular formula is C5H6F2O6S2. The van der Waals surface area contributed by atoms with Gasteiger partial charge in [-0.15, -0.1) is 0 Å². The molecule has 0 spiro atoms. The van der Waals surface area contributed by atoms with Crippen LogP contribution in [-0.4, -0.2) is 45.5 Å². The average Bonchev–Trinajstić information content (AvgIpc) is 1.99. The van der Waals surface area contributed by atoms with Gasteiger partial charge in [-0.05, 0) is 0 Å². The van der Waals surface area contributed by atoms with E-state index in [2.05, 4.69) is 4.74 Å². The Balaban J connectivity index is 3.26. The Hall–Kier alpha value is -0.770. The number of cyclic esters (lactones) is 1. The molecule has 6 nitrogen and oxygen atoms in total. The Morgan fingerprint density at radius 3 is 2.27 bits per heavy atom. The molecule has 1 heterocycles. The first-order valence-corrected chi connectivity index (χ1v) is 7.04. The molecule has 0 aromatic heterocycles. The van der Waals surface area contributed by atoms with Gasteiger partial charge in [0.25, 0.3) is 0 Å². The van der Waals surface area contributed by atoms with E-state index in [-0.39, 0.29) is 0 Å². The van der Waals surface area contributed by atoms with E-state index in [0.29, 0.717) is 0 Å². The van der Waals surface area contributed by atoms with Gasteiger partial charge in [-0.25, -0.2) is 21.6 Å². The lowest BCUT2D eigenvalue weighted by Gasteiger charge is -2.18. The normalized spacial score (nSPS) is 28.5. The van der Waals surface area contributed by atoms with Gasteiger partial charge in [0.1, 0.15) is 6.61 Å². The van der Waals surface area contributed by atoms with Crippen molar-refractivity contribution in [1.29, 1.82) is 0 Å². The molecule has 0 atom stereocenters. The van der Waals surface area contributed by atoms with Gasteiger partial charge in [0.2, 0.25) is 9.84 Å². The molecule has 1 saturated heterocycles. The van der Waals surface area contributed by atoms with Crippen molar-refractivity contribution in [2.24, 2.45) is 0 Å². The molecule has 0 N–H and O–H groups in total. The molecule has 0 aliphatic carbocycles. The Morgan fingerprint density at radius 2 is 1.73 bits per heavy atom. The van der Waals surface area contributed by atoms with Crippen LogP contribution in [0.15, 0.2) is 0 Å². The number of sulfone groups is 2. The Morgan fingerprint density at radius 1 is 1.20 bits per heavy atom. The summed E-state index contributed by atoms with van der Waals surface area (Å²) in [5, 5.41) is -6.55. The molecule has 0 saturated carbocycles. The minimum absolute atomic E-state index is 0.772. The maximum atomic E-state index is 12.8. The van der Waals surface area contributed by atoms with E-state index in [9.17, 15) is 30.4 Å². The molecule has 1 aliphatic rings. The summed E-state index contributed by atoms with van der Waals surface area (Å²) in [5.41, 5.74) is 0. The number of carbonyl (C=O) groups excluding carboxylic acids is 1. The topological polar surface area (TPSA) is 94.6 Å². The summed E-state index contributed by atoms with van der Waals surface area (Å²) in [6.07, 6.45) is 0. The molecule has 0 radical (unpaired) electrons. The van der Waals surface area contributed by atoms with Crippen molar-refractivity contribution in [3.05, 3.63) is 0 Å². The van der Waals surface area contributed by atoms with Gasteiger partial charge >= 0.3 is 11.2 Å². The Bertz CT molecular complexity index is 476. The molecule has 0 unspecified atom stereocenters. The van der Waals surface area contributed by atoms with Gasteiger partial charge in [0.05, 0.1) is 5.75 Å². The van der Waals surface area contributed by atoms with Gasteiger partial charge in [0.15, 0.2) is 14.9 Å². The fraction of sp³-hybridized carbons (Fsp3) is 0.800. The summed E-state index contributed by atoms with van der Waals surface area (Å²) in [7, 11) is -9.56. The van der Waals surface area contributed by atoms with Crippen LogP contribution < -0.4 is 0 Å². The molecule has 10 heteroatoms. The van der Waals surface area contributed by atoms with Gasteiger partial charge in [-0.1, -0.05) is 0 Å². The largest absolute Gasteiger partial charge is 0.459 e. The van der Waals surface area contributed by atoms with E-state index in [0.717, 1.165) is 0 Å². The zero-order valence-electron chi connectivity index (χ0n) is 7.14. The maximum Gasteiger partial charge on any atom is 0.440 e. The molecule has 0 bridgehead atoms. The number of esters is 1. The number of hydrogen-bond donors (Lipinski definition) is 0. The fourth-order valence-corrected chi connectivity index (χ4v) is 4.45. The van der Waals surface area contributed by atoms with E-state index >= 15 is 0 Å². The van der Waals surface area contributed by atoms with Crippen LogP contribution in [0.25, 0.3) is 0 Å². The van der Waals surface area contributed by atoms with Gasteiger partial charge in [-0.2, -0.15) is 8.78 Å². The SMILES string of the molecule is O=C1OCCS(=O)(=O)CS(=O)(=O)C1(F)F. The average molecular weight is 264 g/mol. The van der Waals surface area contributed by atoms with Gasteiger partial charge < -0.3 is 4.74 Å². The maximum absolute atomic E-state index is 12.8. The highest BCUT2D eigenvalue weighted by Crippen LogP contribution is 2.27. The van der Waals surface area contributed by atoms with E-state index in [1.54, 1.807) is 0 Å². The minimum atomic E-state index is -5.37. The third-order valence-corrected chi connectivity index (χ3v) is 6.00. The second-order valence-electron chi connectivity index (χ2n) is 2.83. The molecule has 88 valence electrons. The predicted octanol–water partition coefficient (Wildman–Crippen LogP) is -1.08. The van der Waals surface area contributed by atoms with Crippen molar-refractivity contribution in [3.8, 4) is 0 Å². The van der Waals surface area contributed by atoms with Crippen LogP contribution in [0, 0.1) is 0 Å². The lowest BCUT2D eigenvalue weighted by molar-refractivity contribution is -0.160. The summed E-state index contributed by atoms with van der Waals surface area (Å²) >= 11 is 0. The number of alkyl halides is 2. The first kappa shape index (κ1) is 12.3. The molecule has 0 aromatic carbocycles. The fourth-order valence-electron chi connectivity index (χ4n) is 0.842. The monoisotopic (exact) mass is 264 g/mol. The third kappa shape index (κ3) is 2.25. The van der Waals surface area contributed by atoms with Crippen LogP contribution >= 0.6 is 0 Å². The van der Waals surface area contributed by atoms with Crippen LogP contribution in [0.1, 0.15) is 0 Å². The highest BCUT2D eigenvalue weighted by atomic mass is 32.3. The summed E-state index contributed by atoms with van der Waals surface area (Å²) < 4.78 is 73.1. The standard InChI is InChI=1S/C5H6F2O6S2/c6-5(7)4(8)13-1-2-14(9,10)3-15(5,11)12/h1-3H2. The molecule has 1 aliphatic heterocycles. The van der Waals surface area contributed by atoms with E-state index < -0.39 is 48.3 Å². The number of hydrogen-bond acceptors (Lipinski definition) is 6. The Labute approximate surface area is 84.1 Å². The predicted molar refractivity (Wildman–Crippen MR) is 43.5 cm³/mol. The van der Waals surface area contributed by atoms with Crippen molar-refractivity contribution in [2.75, 3.05) is 17.4 Å². The van der Waals surface area contributed by atoms with Crippen molar-refractivity contribution in [3.63, 3.8) is 0 Å². The highest BCUT2D eigenvalue weighted by Gasteiger charge is 2.56. The van der Waals surface area contributed by atoms with Crippen LogP contribution in [-0.2, 0) is 29.2 Å². The molecular weight excluding hydrogens is 258 g/mol. The second-order valence-corrected chi connectivity index (χ2v) is 7.41. The second kappa shape index (κ2) is 3.37. The van der Waals surface area contributed by atoms with Crippen LogP contribution in [0.4, 0.5) is 8.78 Å². The third-order valence-electron chi connectivity index (χ3n) is 1.59. The quantitative estimate of drug-likeness (QED) is 0.517.